The van der Waals surface area contributed by atoms with Gasteiger partial charge in [0.15, 0.2) is 0 Å². The van der Waals surface area contributed by atoms with Gasteiger partial charge in [-0.05, 0) is 123 Å². The van der Waals surface area contributed by atoms with Crippen LogP contribution in [0.25, 0.3) is 133 Å². The Morgan fingerprint density at radius 3 is 1.52 bits per heavy atom. The Bertz CT molecular complexity index is 4290. The summed E-state index contributed by atoms with van der Waals surface area (Å²) >= 11 is 0. The molecule has 0 fully saturated rings. The summed E-state index contributed by atoms with van der Waals surface area (Å²) in [7, 11) is 0. The van der Waals surface area contributed by atoms with Crippen molar-refractivity contribution in [2.24, 2.45) is 0 Å². The van der Waals surface area contributed by atoms with Crippen LogP contribution in [-0.4, -0.2) is 9.13 Å². The Balaban J connectivity index is 0.961. The second-order valence-electron chi connectivity index (χ2n) is 18.0. The summed E-state index contributed by atoms with van der Waals surface area (Å²) in [6, 6.07) is 92.6. The molecule has 14 rings (SSSR count). The van der Waals surface area contributed by atoms with Crippen molar-refractivity contribution in [1.82, 2.24) is 9.13 Å². The molecule has 0 bridgehead atoms. The lowest BCUT2D eigenvalue weighted by molar-refractivity contribution is 0.669. The lowest BCUT2D eigenvalue weighted by Crippen LogP contribution is -1.98. The van der Waals surface area contributed by atoms with Gasteiger partial charge in [-0.15, -0.1) is 0 Å². The van der Waals surface area contributed by atoms with Crippen molar-refractivity contribution in [3.63, 3.8) is 0 Å². The second kappa shape index (κ2) is 15.7. The number of rotatable bonds is 7. The van der Waals surface area contributed by atoms with Crippen LogP contribution >= 0.6 is 0 Å². The number of para-hydroxylation sites is 2. The third-order valence-electron chi connectivity index (χ3n) is 14.1. The van der Waals surface area contributed by atoms with E-state index in [-0.39, 0.29) is 0 Å². The van der Waals surface area contributed by atoms with Crippen LogP contribution in [0.15, 0.2) is 259 Å². The van der Waals surface area contributed by atoms with Gasteiger partial charge in [0.05, 0.1) is 27.8 Å². The lowest BCUT2D eigenvalue weighted by Gasteiger charge is -2.16. The van der Waals surface area contributed by atoms with Crippen LogP contribution in [0.1, 0.15) is 0 Å². The summed E-state index contributed by atoms with van der Waals surface area (Å²) in [6.45, 7) is 0. The Labute approximate surface area is 399 Å². The minimum atomic E-state index is 0.898. The molecule has 322 valence electrons. The van der Waals surface area contributed by atoms with Crippen LogP contribution in [-0.2, 0) is 0 Å². The van der Waals surface area contributed by atoms with E-state index in [4.69, 9.17) is 4.42 Å². The van der Waals surface area contributed by atoms with Gasteiger partial charge in [0, 0.05) is 43.6 Å². The van der Waals surface area contributed by atoms with Crippen LogP contribution in [0.5, 0.6) is 0 Å². The van der Waals surface area contributed by atoms with Crippen LogP contribution in [0, 0.1) is 0 Å². The molecular formula is C66H42N2O. The number of furan rings is 1. The maximum absolute atomic E-state index is 6.24. The minimum absolute atomic E-state index is 0.898. The maximum atomic E-state index is 6.24. The summed E-state index contributed by atoms with van der Waals surface area (Å²) < 4.78 is 11.1. The molecule has 0 spiro atoms. The fourth-order valence-corrected chi connectivity index (χ4v) is 10.9. The molecular weight excluding hydrogens is 837 g/mol. The van der Waals surface area contributed by atoms with Gasteiger partial charge in [0.1, 0.15) is 11.2 Å². The Kier molecular flexibility index (Phi) is 8.90. The first-order valence-corrected chi connectivity index (χ1v) is 23.7. The number of fused-ring (bicyclic) bond motifs is 9. The van der Waals surface area contributed by atoms with E-state index >= 15 is 0 Å². The summed E-state index contributed by atoms with van der Waals surface area (Å²) in [5.41, 5.74) is 20.6. The van der Waals surface area contributed by atoms with Gasteiger partial charge < -0.3 is 13.6 Å². The Morgan fingerprint density at radius 2 is 0.754 bits per heavy atom. The number of hydrogen-bond donors (Lipinski definition) is 0. The van der Waals surface area contributed by atoms with Gasteiger partial charge in [-0.1, -0.05) is 182 Å². The van der Waals surface area contributed by atoms with Gasteiger partial charge in [-0.25, -0.2) is 0 Å². The average Bonchev–Trinajstić information content (AvgIpc) is 4.08. The van der Waals surface area contributed by atoms with Crippen LogP contribution in [0.2, 0.25) is 0 Å². The summed E-state index contributed by atoms with van der Waals surface area (Å²) in [5, 5.41) is 7.15. The summed E-state index contributed by atoms with van der Waals surface area (Å²) in [6.07, 6.45) is 0. The topological polar surface area (TPSA) is 23.0 Å². The molecule has 0 atom stereocenters. The van der Waals surface area contributed by atoms with E-state index in [9.17, 15) is 0 Å². The molecule has 0 unspecified atom stereocenters. The van der Waals surface area contributed by atoms with Crippen molar-refractivity contribution in [2.75, 3.05) is 0 Å². The zero-order valence-corrected chi connectivity index (χ0v) is 37.6. The smallest absolute Gasteiger partial charge is 0.135 e. The van der Waals surface area contributed by atoms with Crippen molar-refractivity contribution >= 4 is 65.6 Å². The monoisotopic (exact) mass is 878 g/mol. The molecule has 0 amide bonds. The SMILES string of the molecule is c1ccc(-c2cccc(-n3c4ccc(-c5ccc6c(c5)c5ccccc5n6-c5cc(-c6ccc7oc8ccccc8c7c6)ccc5-c5ccccc5)cc4c4c(-c5ccccc5)cccc43)c2)cc1. The molecule has 0 radical (unpaired) electrons. The molecule has 3 nitrogen and oxygen atoms in total. The van der Waals surface area contributed by atoms with E-state index < -0.39 is 0 Å². The van der Waals surface area contributed by atoms with Crippen molar-refractivity contribution < 1.29 is 4.42 Å². The molecule has 11 aromatic carbocycles. The van der Waals surface area contributed by atoms with E-state index in [1.54, 1.807) is 0 Å². The largest absolute Gasteiger partial charge is 0.456 e. The Hall–Kier alpha value is -9.18. The van der Waals surface area contributed by atoms with E-state index in [0.717, 1.165) is 50.0 Å². The minimum Gasteiger partial charge on any atom is -0.456 e. The van der Waals surface area contributed by atoms with Gasteiger partial charge >= 0.3 is 0 Å². The molecule has 3 aromatic heterocycles. The van der Waals surface area contributed by atoms with Crippen LogP contribution < -0.4 is 0 Å². The molecule has 0 saturated heterocycles. The molecule has 0 aliphatic carbocycles. The van der Waals surface area contributed by atoms with E-state index in [2.05, 4.69) is 252 Å². The zero-order valence-electron chi connectivity index (χ0n) is 37.6. The molecule has 3 heterocycles. The number of nitrogens with zero attached hydrogens (tertiary/aromatic N) is 2. The van der Waals surface area contributed by atoms with Gasteiger partial charge in [0.2, 0.25) is 0 Å². The molecule has 0 aliphatic heterocycles. The summed E-state index contributed by atoms with van der Waals surface area (Å²) in [5.74, 6) is 0. The van der Waals surface area contributed by atoms with Crippen LogP contribution in [0.4, 0.5) is 0 Å². The van der Waals surface area contributed by atoms with Gasteiger partial charge in [-0.2, -0.15) is 0 Å². The quantitative estimate of drug-likeness (QED) is 0.156. The predicted molar refractivity (Wildman–Crippen MR) is 290 cm³/mol. The van der Waals surface area contributed by atoms with Crippen LogP contribution in [0.3, 0.4) is 0 Å². The fourth-order valence-electron chi connectivity index (χ4n) is 10.9. The fraction of sp³-hybridized carbons (Fsp3) is 0. The first kappa shape index (κ1) is 39.0. The third kappa shape index (κ3) is 6.36. The molecule has 0 N–H and O–H groups in total. The maximum Gasteiger partial charge on any atom is 0.135 e. The van der Waals surface area contributed by atoms with Gasteiger partial charge in [0.25, 0.3) is 0 Å². The Morgan fingerprint density at radius 1 is 0.246 bits per heavy atom. The highest BCUT2D eigenvalue weighted by atomic mass is 16.3. The molecule has 14 aromatic rings. The normalized spacial score (nSPS) is 11.8. The highest BCUT2D eigenvalue weighted by Crippen LogP contribution is 2.44. The molecule has 3 heteroatoms. The molecule has 0 aliphatic rings. The molecule has 0 saturated carbocycles. The highest BCUT2D eigenvalue weighted by molar-refractivity contribution is 6.17. The van der Waals surface area contributed by atoms with Crippen molar-refractivity contribution in [1.29, 1.82) is 0 Å². The average molecular weight is 879 g/mol. The van der Waals surface area contributed by atoms with E-state index in [1.165, 1.54) is 82.6 Å². The van der Waals surface area contributed by atoms with Crippen molar-refractivity contribution in [2.45, 2.75) is 0 Å². The first-order valence-electron chi connectivity index (χ1n) is 23.7. The predicted octanol–water partition coefficient (Wildman–Crippen LogP) is 18.1. The van der Waals surface area contributed by atoms with E-state index in [0.29, 0.717) is 0 Å². The number of aromatic nitrogens is 2. The first-order chi connectivity index (χ1) is 34.2. The second-order valence-corrected chi connectivity index (χ2v) is 18.0. The van der Waals surface area contributed by atoms with Gasteiger partial charge in [-0.3, -0.25) is 0 Å². The van der Waals surface area contributed by atoms with Crippen molar-refractivity contribution in [3.8, 4) is 67.0 Å². The van der Waals surface area contributed by atoms with Crippen molar-refractivity contribution in [3.05, 3.63) is 255 Å². The zero-order chi connectivity index (χ0) is 45.4. The highest BCUT2D eigenvalue weighted by Gasteiger charge is 2.21. The lowest BCUT2D eigenvalue weighted by atomic mass is 9.96. The third-order valence-corrected chi connectivity index (χ3v) is 14.1. The van der Waals surface area contributed by atoms with E-state index in [1.807, 2.05) is 12.1 Å². The summed E-state index contributed by atoms with van der Waals surface area (Å²) in [4.78, 5) is 0. The molecule has 69 heavy (non-hydrogen) atoms. The number of benzene rings is 11. The number of hydrogen-bond acceptors (Lipinski definition) is 1. The standard InChI is InChI=1S/C66H42N2O/c1-4-16-43(17-5-1)46-22-14-23-51(38-46)67-61-36-32-48(41-58(61)66-53(26-15-28-62(66)67)45-20-8-3-9-21-45)47-31-35-60-56(39-47)54-24-10-12-27-59(54)68(60)63-42-50(30-34-52(63)44-18-6-2-7-19-44)49-33-37-65-57(40-49)55-25-11-13-29-64(55)69-65/h1-42H.